The van der Waals surface area contributed by atoms with Gasteiger partial charge in [-0.05, 0) is 52.6 Å². The lowest BCUT2D eigenvalue weighted by molar-refractivity contribution is 0.591. The van der Waals surface area contributed by atoms with Crippen molar-refractivity contribution in [2.24, 2.45) is 6.46 Å². The lowest BCUT2D eigenvalue weighted by Crippen LogP contribution is -2.29. The quantitative estimate of drug-likeness (QED) is 0.518. The van der Waals surface area contributed by atoms with Crippen LogP contribution in [0.1, 0.15) is 28.2 Å². The molecule has 0 aromatic heterocycles. The van der Waals surface area contributed by atoms with Crippen LogP contribution in [-0.2, 0) is 6.54 Å². The molecule has 2 aromatic carbocycles. The number of halogens is 3. The first-order chi connectivity index (χ1) is 13.2. The summed E-state index contributed by atoms with van der Waals surface area (Å²) in [7, 11) is 0. The smallest absolute Gasteiger partial charge is 0.167 e. The van der Waals surface area contributed by atoms with Gasteiger partial charge in [0.2, 0.25) is 0 Å². The Kier molecular flexibility index (Phi) is 4.63. The van der Waals surface area contributed by atoms with Crippen molar-refractivity contribution in [1.82, 2.24) is 10.3 Å². The number of allylic oxidation sites excluding steroid dienone is 2. The fraction of sp³-hybridized carbons (Fsp3) is 0.150. The molecule has 1 N–H and O–H groups in total. The van der Waals surface area contributed by atoms with Crippen LogP contribution in [0.3, 0.4) is 0 Å². The molecular weight excluding hydrogens is 494 g/mol. The van der Waals surface area contributed by atoms with Gasteiger partial charge in [-0.3, -0.25) is 0 Å². The van der Waals surface area contributed by atoms with E-state index in [9.17, 15) is 0 Å². The Morgan fingerprint density at radius 3 is 2.89 bits per heavy atom. The summed E-state index contributed by atoms with van der Waals surface area (Å²) >= 11 is 11.9. The molecule has 0 radical (unpaired) electrons. The second kappa shape index (κ2) is 7.13. The fourth-order valence-corrected chi connectivity index (χ4v) is 5.20. The van der Waals surface area contributed by atoms with Crippen LogP contribution >= 0.6 is 44.5 Å². The Morgan fingerprint density at radius 1 is 1.07 bits per heavy atom. The summed E-state index contributed by atoms with van der Waals surface area (Å²) in [5.41, 5.74) is 6.19. The molecule has 0 spiro atoms. The van der Waals surface area contributed by atoms with Gasteiger partial charge in [0.05, 0.1) is 10.0 Å². The molecule has 1 unspecified atom stereocenters. The second-order valence-electron chi connectivity index (χ2n) is 6.63. The van der Waals surface area contributed by atoms with Gasteiger partial charge < -0.3 is 5.32 Å². The zero-order valence-corrected chi connectivity index (χ0v) is 17.8. The van der Waals surface area contributed by atoms with Gasteiger partial charge in [-0.15, -0.1) is 3.25 Å². The molecule has 0 bridgehead atoms. The first kappa shape index (κ1) is 17.6. The van der Waals surface area contributed by atoms with Gasteiger partial charge in [0.15, 0.2) is 27.1 Å². The minimum atomic E-state index is -0.434. The average Bonchev–Trinajstić information content (AvgIpc) is 3.17. The van der Waals surface area contributed by atoms with Crippen LogP contribution in [0.4, 0.5) is 0 Å². The molecule has 0 aliphatic carbocycles. The maximum Gasteiger partial charge on any atom is 0.167 e. The van der Waals surface area contributed by atoms with Gasteiger partial charge in [-0.1, -0.05) is 41.4 Å². The van der Waals surface area contributed by atoms with Crippen LogP contribution in [0.15, 0.2) is 61.2 Å². The van der Waals surface area contributed by atoms with Crippen molar-refractivity contribution >= 4 is 55.9 Å². The SMILES string of the molecule is Clc1ccc(C2CNCc3cc(C4=CN5N=IN=C5C=C4)ccc32)cc1Cl. The molecule has 0 saturated carbocycles. The maximum atomic E-state index is 6.24. The largest absolute Gasteiger partial charge is 0.312 e. The topological polar surface area (TPSA) is 40.0 Å². The van der Waals surface area contributed by atoms with Crippen LogP contribution in [0.5, 0.6) is 0 Å². The van der Waals surface area contributed by atoms with E-state index in [2.05, 4.69) is 48.3 Å². The normalized spacial score (nSPS) is 20.5. The van der Waals surface area contributed by atoms with Crippen LogP contribution in [0.2, 0.25) is 10.0 Å². The molecule has 3 heterocycles. The molecule has 1 atom stereocenters. The minimum absolute atomic E-state index is 0.269. The molecule has 5 rings (SSSR count). The van der Waals surface area contributed by atoms with Gasteiger partial charge >= 0.3 is 0 Å². The van der Waals surface area contributed by atoms with Crippen molar-refractivity contribution in [2.45, 2.75) is 12.5 Å². The predicted molar refractivity (Wildman–Crippen MR) is 119 cm³/mol. The lowest BCUT2D eigenvalue weighted by atomic mass is 9.84. The first-order valence-electron chi connectivity index (χ1n) is 8.59. The van der Waals surface area contributed by atoms with E-state index in [1.165, 1.54) is 22.3 Å². The van der Waals surface area contributed by atoms with Crippen LogP contribution in [0, 0.1) is 0 Å². The molecule has 0 amide bonds. The highest BCUT2D eigenvalue weighted by molar-refractivity contribution is 14.1. The molecule has 3 aliphatic heterocycles. The lowest BCUT2D eigenvalue weighted by Gasteiger charge is -2.28. The van der Waals surface area contributed by atoms with Crippen molar-refractivity contribution in [1.29, 1.82) is 0 Å². The van der Waals surface area contributed by atoms with E-state index in [0.29, 0.717) is 10.0 Å². The zero-order chi connectivity index (χ0) is 18.4. The van der Waals surface area contributed by atoms with E-state index in [0.717, 1.165) is 24.5 Å². The van der Waals surface area contributed by atoms with Crippen molar-refractivity contribution < 1.29 is 0 Å². The van der Waals surface area contributed by atoms with Gasteiger partial charge in [0.1, 0.15) is 0 Å². The number of hydrogen-bond donors (Lipinski definition) is 1. The summed E-state index contributed by atoms with van der Waals surface area (Å²) < 4.78 is 8.90. The van der Waals surface area contributed by atoms with Gasteiger partial charge in [0.25, 0.3) is 0 Å². The third kappa shape index (κ3) is 3.27. The number of fused-ring (bicyclic) bond motifs is 2. The Morgan fingerprint density at radius 2 is 2.00 bits per heavy atom. The van der Waals surface area contributed by atoms with E-state index in [-0.39, 0.29) is 5.92 Å². The Hall–Kier alpha value is -1.54. The third-order valence-electron chi connectivity index (χ3n) is 5.01. The molecule has 2 aromatic rings. The standard InChI is InChI=1S/C20H15Cl2IN4/c21-18-5-2-13(8-19(18)22)17-10-24-9-15-7-12(1-4-16(15)17)14-3-6-20-25-23-26-27(20)11-14/h1-8,11,17,24H,9-10H2. The Bertz CT molecular complexity index is 1060. The molecule has 27 heavy (non-hydrogen) atoms. The number of hydrogen-bond acceptors (Lipinski definition) is 4. The minimum Gasteiger partial charge on any atom is -0.312 e. The van der Waals surface area contributed by atoms with Crippen molar-refractivity contribution in [3.8, 4) is 0 Å². The summed E-state index contributed by atoms with van der Waals surface area (Å²) in [6.07, 6.45) is 6.23. The second-order valence-corrected chi connectivity index (χ2v) is 8.79. The van der Waals surface area contributed by atoms with E-state index < -0.39 is 21.3 Å². The Labute approximate surface area is 178 Å². The summed E-state index contributed by atoms with van der Waals surface area (Å²) in [6, 6.07) is 12.6. The highest BCUT2D eigenvalue weighted by Crippen LogP contribution is 2.35. The molecule has 7 heteroatoms. The third-order valence-corrected chi connectivity index (χ3v) is 7.12. The summed E-state index contributed by atoms with van der Waals surface area (Å²) in [4.78, 5) is 0. The number of amidine groups is 1. The number of rotatable bonds is 2. The van der Waals surface area contributed by atoms with Crippen molar-refractivity contribution in [2.75, 3.05) is 6.54 Å². The van der Waals surface area contributed by atoms with E-state index in [1.54, 1.807) is 0 Å². The highest BCUT2D eigenvalue weighted by atomic mass is 127. The van der Waals surface area contributed by atoms with Gasteiger partial charge in [-0.25, -0.2) is 5.01 Å². The van der Waals surface area contributed by atoms with E-state index in [1.807, 2.05) is 23.2 Å². The number of nitrogens with zero attached hydrogens (tertiary/aromatic N) is 3. The maximum absolute atomic E-state index is 6.24. The molecule has 136 valence electrons. The number of benzene rings is 2. The monoisotopic (exact) mass is 508 g/mol. The van der Waals surface area contributed by atoms with Gasteiger partial charge in [-0.2, -0.15) is 3.21 Å². The van der Waals surface area contributed by atoms with Crippen molar-refractivity contribution in [3.63, 3.8) is 0 Å². The molecule has 4 nitrogen and oxygen atoms in total. The Balaban J connectivity index is 1.50. The number of nitrogens with one attached hydrogen (secondary N) is 1. The predicted octanol–water partition coefficient (Wildman–Crippen LogP) is 5.84. The summed E-state index contributed by atoms with van der Waals surface area (Å²) in [5.74, 6) is 1.22. The highest BCUT2D eigenvalue weighted by Gasteiger charge is 2.23. The summed E-state index contributed by atoms with van der Waals surface area (Å²) in [5, 5.41) is 6.63. The fourth-order valence-electron chi connectivity index (χ4n) is 3.64. The van der Waals surface area contributed by atoms with Gasteiger partial charge in [0, 0.05) is 30.8 Å². The average molecular weight is 509 g/mol. The van der Waals surface area contributed by atoms with E-state index in [4.69, 9.17) is 23.2 Å². The van der Waals surface area contributed by atoms with Crippen LogP contribution in [-0.4, -0.2) is 17.4 Å². The molecular formula is C20H15Cl2IN4. The zero-order valence-electron chi connectivity index (χ0n) is 14.2. The molecule has 0 fully saturated rings. The van der Waals surface area contributed by atoms with E-state index >= 15 is 0 Å². The van der Waals surface area contributed by atoms with Crippen molar-refractivity contribution in [3.05, 3.63) is 87.0 Å². The summed E-state index contributed by atoms with van der Waals surface area (Å²) in [6.45, 7) is 1.76. The molecule has 3 aliphatic rings. The van der Waals surface area contributed by atoms with Crippen LogP contribution < -0.4 is 5.32 Å². The molecule has 0 saturated heterocycles. The first-order valence-corrected chi connectivity index (χ1v) is 11.3. The van der Waals surface area contributed by atoms with Crippen LogP contribution in [0.25, 0.3) is 5.57 Å².